The predicted molar refractivity (Wildman–Crippen MR) is 74.5 cm³/mol. The maximum atomic E-state index is 11.1. The summed E-state index contributed by atoms with van der Waals surface area (Å²) in [7, 11) is 0. The molecule has 7 heteroatoms. The fraction of sp³-hybridized carbons (Fsp3) is 0.385. The van der Waals surface area contributed by atoms with Gasteiger partial charge in [0.15, 0.2) is 5.82 Å². The van der Waals surface area contributed by atoms with Crippen LogP contribution in [0.15, 0.2) is 18.2 Å². The predicted octanol–water partition coefficient (Wildman–Crippen LogP) is 2.58. The molecule has 0 fully saturated rings. The minimum Gasteiger partial charge on any atom is -0.481 e. The van der Waals surface area contributed by atoms with Gasteiger partial charge in [0.2, 0.25) is 0 Å². The summed E-state index contributed by atoms with van der Waals surface area (Å²) in [5.74, 6) is -1.04. The Hall–Kier alpha value is -1.95. The molecule has 2 unspecified atom stereocenters. The van der Waals surface area contributed by atoms with Crippen molar-refractivity contribution in [2.24, 2.45) is 5.92 Å². The van der Waals surface area contributed by atoms with E-state index in [0.717, 1.165) is 5.56 Å². The first-order valence-corrected chi connectivity index (χ1v) is 6.56. The average Bonchev–Trinajstić information content (AvgIpc) is 2.85. The summed E-state index contributed by atoms with van der Waals surface area (Å²) < 4.78 is 1.50. The van der Waals surface area contributed by atoms with Gasteiger partial charge in [0.1, 0.15) is 0 Å². The van der Waals surface area contributed by atoms with Gasteiger partial charge in [0.25, 0.3) is 0 Å². The number of hydrogen-bond donors (Lipinski definition) is 1. The number of rotatable bonds is 4. The molecule has 20 heavy (non-hydrogen) atoms. The van der Waals surface area contributed by atoms with Crippen LogP contribution in [0, 0.1) is 12.8 Å². The van der Waals surface area contributed by atoms with Crippen molar-refractivity contribution in [3.8, 4) is 11.4 Å². The van der Waals surface area contributed by atoms with Crippen LogP contribution in [0.5, 0.6) is 0 Å². The number of carboxylic acid groups (broad SMARTS) is 1. The Morgan fingerprint density at radius 1 is 1.40 bits per heavy atom. The number of aromatic nitrogens is 4. The second kappa shape index (κ2) is 5.58. The number of hydrogen-bond acceptors (Lipinski definition) is 4. The Bertz CT molecular complexity index is 641. The van der Waals surface area contributed by atoms with Crippen LogP contribution in [0.2, 0.25) is 5.02 Å². The van der Waals surface area contributed by atoms with E-state index in [2.05, 4.69) is 15.5 Å². The molecule has 0 saturated carbocycles. The molecule has 1 aromatic carbocycles. The highest BCUT2D eigenvalue weighted by Crippen LogP contribution is 2.29. The lowest BCUT2D eigenvalue weighted by Gasteiger charge is -2.17. The first-order chi connectivity index (χ1) is 9.41. The zero-order valence-electron chi connectivity index (χ0n) is 11.4. The Balaban J connectivity index is 2.45. The molecule has 2 rings (SSSR count). The number of benzene rings is 1. The highest BCUT2D eigenvalue weighted by Gasteiger charge is 2.25. The van der Waals surface area contributed by atoms with Gasteiger partial charge in [-0.1, -0.05) is 17.7 Å². The Morgan fingerprint density at radius 3 is 2.70 bits per heavy atom. The molecule has 1 N–H and O–H groups in total. The van der Waals surface area contributed by atoms with Crippen LogP contribution < -0.4 is 0 Å². The van der Waals surface area contributed by atoms with Crippen LogP contribution in [-0.2, 0) is 4.79 Å². The molecule has 0 amide bonds. The normalized spacial score (nSPS) is 14.0. The van der Waals surface area contributed by atoms with Crippen molar-refractivity contribution in [2.75, 3.05) is 0 Å². The lowest BCUT2D eigenvalue weighted by molar-refractivity contribution is -0.142. The number of nitrogens with zero attached hydrogens (tertiary/aromatic N) is 4. The van der Waals surface area contributed by atoms with Crippen LogP contribution in [0.4, 0.5) is 0 Å². The van der Waals surface area contributed by atoms with Gasteiger partial charge in [0, 0.05) is 5.56 Å². The van der Waals surface area contributed by atoms with Crippen molar-refractivity contribution in [3.63, 3.8) is 0 Å². The van der Waals surface area contributed by atoms with E-state index < -0.39 is 11.9 Å². The van der Waals surface area contributed by atoms with Crippen molar-refractivity contribution >= 4 is 17.6 Å². The monoisotopic (exact) mass is 294 g/mol. The molecule has 0 aliphatic heterocycles. The van der Waals surface area contributed by atoms with Gasteiger partial charge in [-0.2, -0.15) is 0 Å². The molecule has 1 heterocycles. The third-order valence-electron chi connectivity index (χ3n) is 3.36. The lowest BCUT2D eigenvalue weighted by atomic mass is 10.0. The van der Waals surface area contributed by atoms with Gasteiger partial charge in [-0.15, -0.1) is 5.10 Å². The van der Waals surface area contributed by atoms with Crippen LogP contribution in [0.25, 0.3) is 11.4 Å². The van der Waals surface area contributed by atoms with Gasteiger partial charge in [-0.3, -0.25) is 4.79 Å². The molecule has 1 aromatic heterocycles. The van der Waals surface area contributed by atoms with Crippen LogP contribution in [0.3, 0.4) is 0 Å². The molecular weight excluding hydrogens is 280 g/mol. The summed E-state index contributed by atoms with van der Waals surface area (Å²) in [5.41, 5.74) is 1.72. The smallest absolute Gasteiger partial charge is 0.308 e. The van der Waals surface area contributed by atoms with E-state index >= 15 is 0 Å². The topological polar surface area (TPSA) is 80.9 Å². The second-order valence-corrected chi connectivity index (χ2v) is 5.21. The number of carbonyl (C=O) groups is 1. The maximum Gasteiger partial charge on any atom is 0.308 e. The molecule has 106 valence electrons. The molecule has 0 bridgehead atoms. The number of aryl methyl sites for hydroxylation is 1. The SMILES string of the molecule is Cc1ccc(-c2nnnn2C(C)C(C)C(=O)O)c(Cl)c1. The molecule has 0 saturated heterocycles. The van der Waals surface area contributed by atoms with Gasteiger partial charge in [0.05, 0.1) is 17.0 Å². The first-order valence-electron chi connectivity index (χ1n) is 6.19. The molecule has 2 aromatic rings. The lowest BCUT2D eigenvalue weighted by Crippen LogP contribution is -2.23. The largest absolute Gasteiger partial charge is 0.481 e. The Kier molecular flexibility index (Phi) is 4.04. The van der Waals surface area contributed by atoms with Crippen molar-refractivity contribution < 1.29 is 9.90 Å². The maximum absolute atomic E-state index is 11.1. The molecule has 0 aliphatic carbocycles. The van der Waals surface area contributed by atoms with Gasteiger partial charge < -0.3 is 5.11 Å². The van der Waals surface area contributed by atoms with Gasteiger partial charge in [-0.05, 0) is 48.9 Å². The first kappa shape index (κ1) is 14.5. The minimum atomic E-state index is -0.894. The van der Waals surface area contributed by atoms with Crippen molar-refractivity contribution in [3.05, 3.63) is 28.8 Å². The highest BCUT2D eigenvalue weighted by molar-refractivity contribution is 6.33. The number of tetrazole rings is 1. The summed E-state index contributed by atoms with van der Waals surface area (Å²) >= 11 is 6.21. The molecule has 0 spiro atoms. The van der Waals surface area contributed by atoms with Crippen molar-refractivity contribution in [1.29, 1.82) is 0 Å². The van der Waals surface area contributed by atoms with Crippen molar-refractivity contribution in [1.82, 2.24) is 20.2 Å². The van der Waals surface area contributed by atoms with E-state index in [1.54, 1.807) is 13.8 Å². The van der Waals surface area contributed by atoms with Gasteiger partial charge in [-0.25, -0.2) is 4.68 Å². The molecular formula is C13H15ClN4O2. The molecule has 0 radical (unpaired) electrons. The van der Waals surface area contributed by atoms with E-state index in [0.29, 0.717) is 16.4 Å². The Morgan fingerprint density at radius 2 is 2.10 bits per heavy atom. The third kappa shape index (κ3) is 2.65. The van der Waals surface area contributed by atoms with E-state index in [1.807, 2.05) is 25.1 Å². The fourth-order valence-corrected chi connectivity index (χ4v) is 2.18. The Labute approximate surface area is 121 Å². The number of carboxylic acids is 1. The van der Waals surface area contributed by atoms with Crippen molar-refractivity contribution in [2.45, 2.75) is 26.8 Å². The minimum absolute atomic E-state index is 0.380. The van der Waals surface area contributed by atoms with Gasteiger partial charge >= 0.3 is 5.97 Å². The van der Waals surface area contributed by atoms with E-state index in [9.17, 15) is 4.79 Å². The van der Waals surface area contributed by atoms with Crippen LogP contribution >= 0.6 is 11.6 Å². The number of aliphatic carboxylic acids is 1. The summed E-state index contributed by atoms with van der Waals surface area (Å²) in [4.78, 5) is 11.1. The van der Waals surface area contributed by atoms with Crippen LogP contribution in [0.1, 0.15) is 25.5 Å². The summed E-state index contributed by atoms with van der Waals surface area (Å²) in [6.07, 6.45) is 0. The molecule has 2 atom stereocenters. The summed E-state index contributed by atoms with van der Waals surface area (Å²) in [6, 6.07) is 5.18. The number of halogens is 1. The van der Waals surface area contributed by atoms with Crippen LogP contribution in [-0.4, -0.2) is 31.3 Å². The third-order valence-corrected chi connectivity index (χ3v) is 3.67. The van der Waals surface area contributed by atoms with E-state index in [4.69, 9.17) is 16.7 Å². The zero-order valence-corrected chi connectivity index (χ0v) is 12.2. The van der Waals surface area contributed by atoms with E-state index in [-0.39, 0.29) is 6.04 Å². The summed E-state index contributed by atoms with van der Waals surface area (Å²) in [6.45, 7) is 5.32. The second-order valence-electron chi connectivity index (χ2n) is 4.80. The zero-order chi connectivity index (χ0) is 14.9. The highest BCUT2D eigenvalue weighted by atomic mass is 35.5. The standard InChI is InChI=1S/C13H15ClN4O2/c1-7-4-5-10(11(14)6-7)12-15-16-17-18(12)9(3)8(2)13(19)20/h4-6,8-9H,1-3H3,(H,19,20). The van der Waals surface area contributed by atoms with E-state index in [1.165, 1.54) is 4.68 Å². The summed E-state index contributed by atoms with van der Waals surface area (Å²) in [5, 5.41) is 21.1. The molecule has 6 nitrogen and oxygen atoms in total. The fourth-order valence-electron chi connectivity index (χ4n) is 1.86. The quantitative estimate of drug-likeness (QED) is 0.937. The molecule has 0 aliphatic rings. The average molecular weight is 295 g/mol.